The number of hydrogen-bond donors (Lipinski definition) is 7. The summed E-state index contributed by atoms with van der Waals surface area (Å²) in [6.07, 6.45) is 6.36. The second-order valence-electron chi connectivity index (χ2n) is 13.4. The lowest BCUT2D eigenvalue weighted by atomic mass is 9.58. The molecule has 4 atom stereocenters. The second-order valence-corrected chi connectivity index (χ2v) is 13.4. The minimum atomic E-state index is -2.61. The number of rotatable bonds is 5. The fourth-order valence-electron chi connectivity index (χ4n) is 8.70. The van der Waals surface area contributed by atoms with Crippen LogP contribution in [0.5, 0.6) is 0 Å². The van der Waals surface area contributed by atoms with Crippen LogP contribution in [0.1, 0.15) is 53.6 Å². The Morgan fingerprint density at radius 1 is 1.07 bits per heavy atom. The molecule has 0 aromatic heterocycles. The zero-order chi connectivity index (χ0) is 32.0. The number of imide groups is 1. The van der Waals surface area contributed by atoms with Gasteiger partial charge < -0.3 is 21.3 Å². The van der Waals surface area contributed by atoms with Crippen molar-refractivity contribution < 1.29 is 29.6 Å². The normalized spacial score (nSPS) is 30.2. The summed E-state index contributed by atoms with van der Waals surface area (Å²) in [6.45, 7) is -0.407. The molecule has 2 saturated heterocycles. The van der Waals surface area contributed by atoms with Crippen molar-refractivity contribution in [3.05, 3.63) is 65.2 Å². The van der Waals surface area contributed by atoms with Gasteiger partial charge in [0.2, 0.25) is 5.79 Å². The molecule has 1 unspecified atom stereocenters. The van der Waals surface area contributed by atoms with Gasteiger partial charge in [0.1, 0.15) is 18.6 Å². The molecular formula is C32H38N9O5+. The molecule has 4 heterocycles. The molecule has 14 heteroatoms. The van der Waals surface area contributed by atoms with Crippen molar-refractivity contribution in [2.45, 2.75) is 73.5 Å². The zero-order valence-corrected chi connectivity index (χ0v) is 25.3. The van der Waals surface area contributed by atoms with Crippen LogP contribution in [-0.4, -0.2) is 99.0 Å². The largest absolute Gasteiger partial charge is 0.370 e. The maximum Gasteiger partial charge on any atom is 0.343 e. The number of guanidine groups is 2. The first-order chi connectivity index (χ1) is 22.1. The van der Waals surface area contributed by atoms with Crippen LogP contribution in [0.2, 0.25) is 0 Å². The average molecular weight is 629 g/mol. The summed E-state index contributed by atoms with van der Waals surface area (Å²) in [7, 11) is 0. The van der Waals surface area contributed by atoms with Crippen molar-refractivity contribution in [1.29, 1.82) is 0 Å². The summed E-state index contributed by atoms with van der Waals surface area (Å²) in [5.41, 5.74) is 14.4. The Kier molecular flexibility index (Phi) is 6.19. The van der Waals surface area contributed by atoms with E-state index >= 15 is 0 Å². The van der Waals surface area contributed by atoms with Gasteiger partial charge in [0.15, 0.2) is 12.0 Å². The molecule has 2 aliphatic carbocycles. The van der Waals surface area contributed by atoms with E-state index in [-0.39, 0.29) is 37.0 Å². The number of para-hydroxylation sites is 1. The van der Waals surface area contributed by atoms with Crippen molar-refractivity contribution in [3.63, 3.8) is 0 Å². The summed E-state index contributed by atoms with van der Waals surface area (Å²) in [5.74, 6) is -3.44. The standard InChI is InChI=1S/C32H37N9O5/c33-27-37-25-22(15-40-24(42)17-39(29(40)44)18-7-2-1-3-8-18)35-28(34)41-16-23(32(45,46)31(25,41)38-27)36-26(43)20-9-4-11-21-19(20)10-5-12-30(21)13-6-14-30/h1-4,7-9,11,22-23,25,45-46H,5-6,10,12-17H2,(H2,34,35)(H,36,43)(H3,33,37,38)/p+1/t22-,23?,25-,31-/m0/s1. The van der Waals surface area contributed by atoms with E-state index in [1.807, 2.05) is 12.1 Å². The van der Waals surface area contributed by atoms with Crippen molar-refractivity contribution in [2.75, 3.05) is 24.5 Å². The van der Waals surface area contributed by atoms with Gasteiger partial charge in [-0.05, 0) is 66.8 Å². The Morgan fingerprint density at radius 3 is 2.57 bits per heavy atom. The smallest absolute Gasteiger partial charge is 0.343 e. The van der Waals surface area contributed by atoms with Crippen molar-refractivity contribution >= 4 is 35.5 Å². The fraction of sp³-hybridized carbons (Fsp3) is 0.469. The molecule has 4 aliphatic heterocycles. The number of aliphatic hydroxyl groups is 2. The summed E-state index contributed by atoms with van der Waals surface area (Å²) in [5, 5.41) is 29.8. The molecular weight excluding hydrogens is 590 g/mol. The van der Waals surface area contributed by atoms with E-state index in [0.29, 0.717) is 11.3 Å². The Hall–Kier alpha value is -4.69. The number of nitrogens with zero attached hydrogens (tertiary/aromatic N) is 4. The Morgan fingerprint density at radius 2 is 1.83 bits per heavy atom. The molecule has 240 valence electrons. The lowest BCUT2D eigenvalue weighted by Gasteiger charge is -2.47. The molecule has 2 spiro atoms. The van der Waals surface area contributed by atoms with E-state index in [1.165, 1.54) is 21.8 Å². The molecule has 2 aromatic carbocycles. The van der Waals surface area contributed by atoms with E-state index in [0.717, 1.165) is 42.6 Å². The zero-order valence-electron chi connectivity index (χ0n) is 25.3. The summed E-state index contributed by atoms with van der Waals surface area (Å²) < 4.78 is 0. The number of amides is 4. The third-order valence-corrected chi connectivity index (χ3v) is 11.1. The van der Waals surface area contributed by atoms with E-state index in [2.05, 4.69) is 26.7 Å². The average Bonchev–Trinajstić information content (AvgIpc) is 3.61. The van der Waals surface area contributed by atoms with Gasteiger partial charge in [-0.2, -0.15) is 0 Å². The number of anilines is 1. The third-order valence-electron chi connectivity index (χ3n) is 11.1. The summed E-state index contributed by atoms with van der Waals surface area (Å²) >= 11 is 0. The minimum Gasteiger partial charge on any atom is -0.370 e. The van der Waals surface area contributed by atoms with Crippen LogP contribution in [0.4, 0.5) is 10.5 Å². The number of urea groups is 1. The van der Waals surface area contributed by atoms with Gasteiger partial charge in [0, 0.05) is 11.3 Å². The Labute approximate surface area is 265 Å². The molecule has 46 heavy (non-hydrogen) atoms. The van der Waals surface area contributed by atoms with Crippen LogP contribution in [0.15, 0.2) is 53.5 Å². The summed E-state index contributed by atoms with van der Waals surface area (Å²) in [4.78, 5) is 51.9. The number of aliphatic imine (C=N–C) groups is 1. The molecule has 2 aromatic rings. The first-order valence-corrected chi connectivity index (χ1v) is 15.9. The van der Waals surface area contributed by atoms with Gasteiger partial charge in [-0.3, -0.25) is 35.0 Å². The van der Waals surface area contributed by atoms with E-state index in [4.69, 9.17) is 11.5 Å². The van der Waals surface area contributed by atoms with E-state index < -0.39 is 47.4 Å². The highest BCUT2D eigenvalue weighted by Gasteiger charge is 2.76. The molecule has 0 bridgehead atoms. The molecule has 14 nitrogen and oxygen atoms in total. The van der Waals surface area contributed by atoms with Gasteiger partial charge >= 0.3 is 12.0 Å². The van der Waals surface area contributed by atoms with Crippen LogP contribution >= 0.6 is 0 Å². The van der Waals surface area contributed by atoms with Gasteiger partial charge in [-0.15, -0.1) is 0 Å². The number of hydrogen-bond acceptors (Lipinski definition) is 10. The molecule has 6 aliphatic rings. The minimum absolute atomic E-state index is 0.0391. The maximum absolute atomic E-state index is 13.9. The van der Waals surface area contributed by atoms with Crippen LogP contribution in [0.3, 0.4) is 0 Å². The van der Waals surface area contributed by atoms with Gasteiger partial charge in [0.05, 0.1) is 13.1 Å². The predicted molar refractivity (Wildman–Crippen MR) is 166 cm³/mol. The Bertz CT molecular complexity index is 1710. The molecule has 0 radical (unpaired) electrons. The Balaban J connectivity index is 1.07. The van der Waals surface area contributed by atoms with Crippen molar-refractivity contribution in [1.82, 2.24) is 20.4 Å². The molecule has 3 fully saturated rings. The highest BCUT2D eigenvalue weighted by atomic mass is 16.5. The van der Waals surface area contributed by atoms with Crippen LogP contribution in [0.25, 0.3) is 0 Å². The molecule has 9 N–H and O–H groups in total. The first-order valence-electron chi connectivity index (χ1n) is 15.9. The van der Waals surface area contributed by atoms with Crippen LogP contribution < -0.4 is 32.0 Å². The fourth-order valence-corrected chi connectivity index (χ4v) is 8.70. The van der Waals surface area contributed by atoms with Crippen LogP contribution in [0, 0.1) is 0 Å². The molecule has 1 saturated carbocycles. The molecule has 8 rings (SSSR count). The third kappa shape index (κ3) is 3.86. The number of nitrogens with two attached hydrogens (primary N) is 2. The van der Waals surface area contributed by atoms with Gasteiger partial charge in [-0.25, -0.2) is 15.1 Å². The number of nitrogens with one attached hydrogen (secondary N) is 3. The topological polar surface area (TPSA) is 204 Å². The first kappa shape index (κ1) is 28.8. The number of carbonyl (C=O) groups is 3. The lowest BCUT2D eigenvalue weighted by molar-refractivity contribution is -0.521. The summed E-state index contributed by atoms with van der Waals surface area (Å²) in [6, 6.07) is 11.1. The number of fused-ring (bicyclic) bond motifs is 2. The van der Waals surface area contributed by atoms with E-state index in [9.17, 15) is 24.6 Å². The quantitative estimate of drug-likeness (QED) is 0.141. The van der Waals surface area contributed by atoms with Crippen molar-refractivity contribution in [2.24, 2.45) is 16.5 Å². The van der Waals surface area contributed by atoms with Crippen LogP contribution in [-0.2, 0) is 16.6 Å². The predicted octanol–water partition coefficient (Wildman–Crippen LogP) is -2.23. The lowest BCUT2D eigenvalue weighted by Crippen LogP contribution is -2.90. The maximum atomic E-state index is 13.9. The SMILES string of the molecule is NC1=N[C@@H](CN2C(=O)CN(c3ccccc3)C2=O)[C@@H]2[NH+]=C(N)N[C@]23N1CC(NC(=O)c1cccc2c1CCCC21CCC1)C3(O)O. The highest BCUT2D eigenvalue weighted by molar-refractivity contribution is 6.12. The molecule has 4 amide bonds. The monoisotopic (exact) mass is 628 g/mol. The van der Waals surface area contributed by atoms with Crippen molar-refractivity contribution in [3.8, 4) is 0 Å². The van der Waals surface area contributed by atoms with Gasteiger partial charge in [-0.1, -0.05) is 36.8 Å². The second kappa shape index (κ2) is 9.90. The van der Waals surface area contributed by atoms with Gasteiger partial charge in [0.25, 0.3) is 17.5 Å². The van der Waals surface area contributed by atoms with E-state index in [1.54, 1.807) is 30.3 Å². The highest BCUT2D eigenvalue weighted by Crippen LogP contribution is 2.51. The number of benzene rings is 2. The number of carbonyl (C=O) groups excluding carboxylic acids is 3.